The second kappa shape index (κ2) is 8.04. The van der Waals surface area contributed by atoms with Crippen LogP contribution in [-0.2, 0) is 17.6 Å². The third-order valence-corrected chi connectivity index (χ3v) is 4.68. The van der Waals surface area contributed by atoms with E-state index in [1.54, 1.807) is 18.3 Å². The Morgan fingerprint density at radius 3 is 2.92 bits per heavy atom. The van der Waals surface area contributed by atoms with Gasteiger partial charge in [-0.15, -0.1) is 0 Å². The number of piperidine rings is 1. The molecule has 0 saturated carbocycles. The zero-order chi connectivity index (χ0) is 16.8. The fourth-order valence-electron chi connectivity index (χ4n) is 3.41. The average molecular weight is 326 g/mol. The highest BCUT2D eigenvalue weighted by Gasteiger charge is 2.23. The molecule has 3 nitrogen and oxygen atoms in total. The van der Waals surface area contributed by atoms with E-state index < -0.39 is 0 Å². The van der Waals surface area contributed by atoms with Crippen LogP contribution in [0, 0.1) is 11.7 Å². The molecule has 1 saturated heterocycles. The number of hydrogen-bond donors (Lipinski definition) is 0. The number of halogens is 1. The molecule has 0 N–H and O–H groups in total. The number of amides is 1. The molecule has 1 aliphatic heterocycles. The van der Waals surface area contributed by atoms with Crippen molar-refractivity contribution in [3.8, 4) is 0 Å². The van der Waals surface area contributed by atoms with Gasteiger partial charge in [0.2, 0.25) is 5.91 Å². The van der Waals surface area contributed by atoms with E-state index in [9.17, 15) is 9.18 Å². The summed E-state index contributed by atoms with van der Waals surface area (Å²) in [5.41, 5.74) is 1.85. The van der Waals surface area contributed by atoms with Crippen molar-refractivity contribution in [3.05, 3.63) is 65.7 Å². The predicted molar refractivity (Wildman–Crippen MR) is 92.0 cm³/mol. The molecule has 1 aliphatic rings. The highest BCUT2D eigenvalue weighted by atomic mass is 19.1. The van der Waals surface area contributed by atoms with Crippen LogP contribution in [0.5, 0.6) is 0 Å². The lowest BCUT2D eigenvalue weighted by atomic mass is 9.91. The van der Waals surface area contributed by atoms with Crippen molar-refractivity contribution in [2.24, 2.45) is 5.92 Å². The van der Waals surface area contributed by atoms with Crippen molar-refractivity contribution in [2.75, 3.05) is 13.1 Å². The Hall–Kier alpha value is -2.23. The highest BCUT2D eigenvalue weighted by molar-refractivity contribution is 5.76. The molecule has 2 aromatic rings. The topological polar surface area (TPSA) is 33.2 Å². The maximum Gasteiger partial charge on any atom is 0.222 e. The number of carbonyl (C=O) groups excluding carboxylic acids is 1. The molecule has 0 bridgehead atoms. The predicted octanol–water partition coefficient (Wildman–Crippen LogP) is 3.63. The number of rotatable bonds is 5. The normalized spacial score (nSPS) is 17.7. The van der Waals surface area contributed by atoms with Crippen molar-refractivity contribution >= 4 is 5.91 Å². The van der Waals surface area contributed by atoms with Gasteiger partial charge in [0.1, 0.15) is 5.82 Å². The fourth-order valence-corrected chi connectivity index (χ4v) is 3.41. The minimum Gasteiger partial charge on any atom is -0.342 e. The minimum absolute atomic E-state index is 0.133. The molecule has 1 fully saturated rings. The van der Waals surface area contributed by atoms with Crippen LogP contribution in [0.1, 0.15) is 30.4 Å². The minimum atomic E-state index is -0.224. The third-order valence-electron chi connectivity index (χ3n) is 4.68. The summed E-state index contributed by atoms with van der Waals surface area (Å²) in [5, 5.41) is 0. The first kappa shape index (κ1) is 16.6. The smallest absolute Gasteiger partial charge is 0.222 e. The first-order chi connectivity index (χ1) is 11.7. The van der Waals surface area contributed by atoms with Crippen molar-refractivity contribution < 1.29 is 9.18 Å². The van der Waals surface area contributed by atoms with E-state index in [1.807, 2.05) is 23.2 Å². The van der Waals surface area contributed by atoms with Gasteiger partial charge in [0.05, 0.1) is 0 Å². The second-order valence-electron chi connectivity index (χ2n) is 6.50. The molecule has 4 heteroatoms. The van der Waals surface area contributed by atoms with E-state index in [-0.39, 0.29) is 11.7 Å². The van der Waals surface area contributed by atoms with Gasteiger partial charge in [0, 0.05) is 31.9 Å². The van der Waals surface area contributed by atoms with Crippen LogP contribution in [0.4, 0.5) is 4.39 Å². The molecule has 2 heterocycles. The summed E-state index contributed by atoms with van der Waals surface area (Å²) in [6.45, 7) is 1.62. The lowest BCUT2D eigenvalue weighted by Crippen LogP contribution is -2.40. The Labute approximate surface area is 142 Å². The van der Waals surface area contributed by atoms with Crippen molar-refractivity contribution in [2.45, 2.75) is 32.1 Å². The Morgan fingerprint density at radius 1 is 1.25 bits per heavy atom. The summed E-state index contributed by atoms with van der Waals surface area (Å²) < 4.78 is 13.7. The molecule has 3 rings (SSSR count). The molecule has 1 aromatic carbocycles. The number of likely N-dealkylation sites (tertiary alicyclic amines) is 1. The lowest BCUT2D eigenvalue weighted by molar-refractivity contribution is -0.133. The van der Waals surface area contributed by atoms with E-state index in [0.717, 1.165) is 32.4 Å². The molecule has 0 spiro atoms. The standard InChI is InChI=1S/C20H23FN2O/c21-19-8-2-1-7-18(19)9-10-20(24)23-12-4-6-17(15-23)13-16-5-3-11-22-14-16/h1-3,5,7-8,11,14,17H,4,6,9-10,12-13,15H2/t17-/m0/s1. The number of aryl methyl sites for hydroxylation is 1. The van der Waals surface area contributed by atoms with Gasteiger partial charge < -0.3 is 4.90 Å². The van der Waals surface area contributed by atoms with Gasteiger partial charge in [0.15, 0.2) is 0 Å². The van der Waals surface area contributed by atoms with Gasteiger partial charge in [-0.3, -0.25) is 9.78 Å². The molecular formula is C20H23FN2O. The van der Waals surface area contributed by atoms with Gasteiger partial charge in [0.25, 0.3) is 0 Å². The zero-order valence-electron chi connectivity index (χ0n) is 13.8. The molecule has 0 radical (unpaired) electrons. The molecule has 1 aromatic heterocycles. The van der Waals surface area contributed by atoms with Crippen molar-refractivity contribution in [1.82, 2.24) is 9.88 Å². The largest absolute Gasteiger partial charge is 0.342 e. The maximum atomic E-state index is 13.7. The summed E-state index contributed by atoms with van der Waals surface area (Å²) in [6, 6.07) is 10.7. The van der Waals surface area contributed by atoms with Crippen LogP contribution in [0.25, 0.3) is 0 Å². The summed E-state index contributed by atoms with van der Waals surface area (Å²) in [6.07, 6.45) is 7.67. The van der Waals surface area contributed by atoms with Crippen LogP contribution < -0.4 is 0 Å². The summed E-state index contributed by atoms with van der Waals surface area (Å²) in [4.78, 5) is 18.6. The third kappa shape index (κ3) is 4.40. The van der Waals surface area contributed by atoms with Crippen LogP contribution in [0.2, 0.25) is 0 Å². The number of aromatic nitrogens is 1. The number of pyridine rings is 1. The molecule has 24 heavy (non-hydrogen) atoms. The van der Waals surface area contributed by atoms with E-state index >= 15 is 0 Å². The Balaban J connectivity index is 1.52. The van der Waals surface area contributed by atoms with Crippen molar-refractivity contribution in [3.63, 3.8) is 0 Å². The second-order valence-corrected chi connectivity index (χ2v) is 6.50. The van der Waals surface area contributed by atoms with E-state index in [2.05, 4.69) is 11.1 Å². The molecule has 1 atom stereocenters. The molecular weight excluding hydrogens is 303 g/mol. The first-order valence-electron chi connectivity index (χ1n) is 8.62. The van der Waals surface area contributed by atoms with Crippen LogP contribution in [0.15, 0.2) is 48.8 Å². The molecule has 126 valence electrons. The number of hydrogen-bond acceptors (Lipinski definition) is 2. The summed E-state index contributed by atoms with van der Waals surface area (Å²) >= 11 is 0. The van der Waals surface area contributed by atoms with Gasteiger partial charge >= 0.3 is 0 Å². The maximum absolute atomic E-state index is 13.7. The van der Waals surface area contributed by atoms with Crippen LogP contribution >= 0.6 is 0 Å². The SMILES string of the molecule is O=C(CCc1ccccc1F)N1CCC[C@@H](Cc2cccnc2)C1. The highest BCUT2D eigenvalue weighted by Crippen LogP contribution is 2.21. The number of benzene rings is 1. The van der Waals surface area contributed by atoms with Crippen LogP contribution in [-0.4, -0.2) is 28.9 Å². The number of nitrogens with zero attached hydrogens (tertiary/aromatic N) is 2. The average Bonchev–Trinajstić information content (AvgIpc) is 2.62. The van der Waals surface area contributed by atoms with E-state index in [4.69, 9.17) is 0 Å². The fraction of sp³-hybridized carbons (Fsp3) is 0.400. The monoisotopic (exact) mass is 326 g/mol. The summed E-state index contributed by atoms with van der Waals surface area (Å²) in [7, 11) is 0. The first-order valence-corrected chi connectivity index (χ1v) is 8.62. The molecule has 0 aliphatic carbocycles. The Morgan fingerprint density at radius 2 is 2.12 bits per heavy atom. The quantitative estimate of drug-likeness (QED) is 0.840. The van der Waals surface area contributed by atoms with Gasteiger partial charge in [-0.05, 0) is 54.9 Å². The van der Waals surface area contributed by atoms with Gasteiger partial charge in [-0.1, -0.05) is 24.3 Å². The van der Waals surface area contributed by atoms with Gasteiger partial charge in [-0.2, -0.15) is 0 Å². The van der Waals surface area contributed by atoms with E-state index in [1.165, 1.54) is 11.6 Å². The number of carbonyl (C=O) groups is 1. The molecule has 0 unspecified atom stereocenters. The summed E-state index contributed by atoms with van der Waals surface area (Å²) in [5.74, 6) is 0.396. The van der Waals surface area contributed by atoms with Gasteiger partial charge in [-0.25, -0.2) is 4.39 Å². The zero-order valence-corrected chi connectivity index (χ0v) is 13.8. The Bertz CT molecular complexity index is 674. The molecule has 1 amide bonds. The lowest BCUT2D eigenvalue weighted by Gasteiger charge is -2.33. The van der Waals surface area contributed by atoms with Crippen LogP contribution in [0.3, 0.4) is 0 Å². The van der Waals surface area contributed by atoms with Crippen molar-refractivity contribution in [1.29, 1.82) is 0 Å². The van der Waals surface area contributed by atoms with E-state index in [0.29, 0.717) is 24.3 Å². The Kier molecular flexibility index (Phi) is 5.57.